The zero-order valence-corrected chi connectivity index (χ0v) is 11.4. The fraction of sp³-hybridized carbons (Fsp3) is 0.500. The Balaban J connectivity index is 2.10. The standard InChI is InChI=1S/C14H18FNOS/c1-2-3-7-13(17)16-8-9-18-14(16)11-5-4-6-12(15)10-11/h4-6,10,14H,2-3,7-9H2,1H3. The van der Waals surface area contributed by atoms with E-state index >= 15 is 0 Å². The molecule has 0 spiro atoms. The zero-order chi connectivity index (χ0) is 13.0. The van der Waals surface area contributed by atoms with Crippen molar-refractivity contribution in [2.24, 2.45) is 0 Å². The number of hydrogen-bond acceptors (Lipinski definition) is 2. The van der Waals surface area contributed by atoms with E-state index in [0.717, 1.165) is 30.7 Å². The molecule has 1 aliphatic rings. The lowest BCUT2D eigenvalue weighted by Gasteiger charge is -2.24. The van der Waals surface area contributed by atoms with Gasteiger partial charge in [0.05, 0.1) is 0 Å². The molecule has 1 unspecified atom stereocenters. The lowest BCUT2D eigenvalue weighted by atomic mass is 10.2. The van der Waals surface area contributed by atoms with Crippen LogP contribution in [-0.2, 0) is 4.79 Å². The first-order chi connectivity index (χ1) is 8.72. The third-order valence-corrected chi connectivity index (χ3v) is 4.35. The molecule has 2 nitrogen and oxygen atoms in total. The molecule has 1 saturated heterocycles. The van der Waals surface area contributed by atoms with Gasteiger partial charge in [-0.05, 0) is 24.1 Å². The van der Waals surface area contributed by atoms with E-state index in [1.807, 2.05) is 11.0 Å². The summed E-state index contributed by atoms with van der Waals surface area (Å²) in [7, 11) is 0. The fourth-order valence-electron chi connectivity index (χ4n) is 2.13. The number of unbranched alkanes of at least 4 members (excludes halogenated alkanes) is 1. The highest BCUT2D eigenvalue weighted by Crippen LogP contribution is 2.38. The smallest absolute Gasteiger partial charge is 0.223 e. The monoisotopic (exact) mass is 267 g/mol. The first kappa shape index (κ1) is 13.4. The number of hydrogen-bond donors (Lipinski definition) is 0. The second-order valence-corrected chi connectivity index (χ2v) is 5.66. The maximum atomic E-state index is 13.2. The Morgan fingerprint density at radius 2 is 2.39 bits per heavy atom. The molecule has 1 aromatic rings. The number of amides is 1. The summed E-state index contributed by atoms with van der Waals surface area (Å²) in [5, 5.41) is -0.00921. The van der Waals surface area contributed by atoms with Gasteiger partial charge >= 0.3 is 0 Å². The van der Waals surface area contributed by atoms with Gasteiger partial charge in [-0.25, -0.2) is 4.39 Å². The van der Waals surface area contributed by atoms with Crippen molar-refractivity contribution >= 4 is 17.7 Å². The summed E-state index contributed by atoms with van der Waals surface area (Å²) in [6.45, 7) is 2.85. The second kappa shape index (κ2) is 6.23. The van der Waals surface area contributed by atoms with Gasteiger partial charge in [0.15, 0.2) is 0 Å². The van der Waals surface area contributed by atoms with Gasteiger partial charge in [0.25, 0.3) is 0 Å². The summed E-state index contributed by atoms with van der Waals surface area (Å²) < 4.78 is 13.2. The van der Waals surface area contributed by atoms with Crippen LogP contribution in [0.15, 0.2) is 24.3 Å². The van der Waals surface area contributed by atoms with Crippen LogP contribution in [-0.4, -0.2) is 23.1 Å². The molecule has 0 radical (unpaired) electrons. The fourth-order valence-corrected chi connectivity index (χ4v) is 3.40. The molecule has 98 valence electrons. The first-order valence-electron chi connectivity index (χ1n) is 6.39. The molecule has 0 saturated carbocycles. The minimum atomic E-state index is -0.235. The molecule has 0 aromatic heterocycles. The van der Waals surface area contributed by atoms with E-state index in [-0.39, 0.29) is 17.1 Å². The van der Waals surface area contributed by atoms with Crippen LogP contribution >= 0.6 is 11.8 Å². The van der Waals surface area contributed by atoms with Crippen LogP contribution in [0.4, 0.5) is 4.39 Å². The minimum Gasteiger partial charge on any atom is -0.326 e. The predicted molar refractivity (Wildman–Crippen MR) is 72.8 cm³/mol. The highest BCUT2D eigenvalue weighted by Gasteiger charge is 2.30. The van der Waals surface area contributed by atoms with Gasteiger partial charge in [0, 0.05) is 18.7 Å². The van der Waals surface area contributed by atoms with Crippen molar-refractivity contribution in [3.05, 3.63) is 35.6 Å². The van der Waals surface area contributed by atoms with Gasteiger partial charge in [-0.15, -0.1) is 11.8 Å². The van der Waals surface area contributed by atoms with Crippen molar-refractivity contribution < 1.29 is 9.18 Å². The Hall–Kier alpha value is -1.03. The minimum absolute atomic E-state index is 0.00921. The number of thioether (sulfide) groups is 1. The Morgan fingerprint density at radius 1 is 1.56 bits per heavy atom. The molecule has 2 rings (SSSR count). The number of carbonyl (C=O) groups is 1. The lowest BCUT2D eigenvalue weighted by Crippen LogP contribution is -2.30. The molecule has 1 amide bonds. The van der Waals surface area contributed by atoms with Gasteiger partial charge in [0.1, 0.15) is 11.2 Å². The van der Waals surface area contributed by atoms with Crippen LogP contribution < -0.4 is 0 Å². The normalized spacial score (nSPS) is 19.2. The van der Waals surface area contributed by atoms with Crippen molar-refractivity contribution in [1.82, 2.24) is 4.90 Å². The molecule has 0 bridgehead atoms. The van der Waals surface area contributed by atoms with Crippen molar-refractivity contribution in [3.63, 3.8) is 0 Å². The van der Waals surface area contributed by atoms with Gasteiger partial charge in [-0.1, -0.05) is 25.5 Å². The third kappa shape index (κ3) is 3.05. The maximum Gasteiger partial charge on any atom is 0.223 e. The molecule has 1 fully saturated rings. The van der Waals surface area contributed by atoms with Gasteiger partial charge < -0.3 is 4.90 Å². The Morgan fingerprint density at radius 3 is 3.11 bits per heavy atom. The topological polar surface area (TPSA) is 20.3 Å². The predicted octanol–water partition coefficient (Wildman–Crippen LogP) is 3.59. The van der Waals surface area contributed by atoms with Crippen LogP contribution in [0.5, 0.6) is 0 Å². The SMILES string of the molecule is CCCCC(=O)N1CCSC1c1cccc(F)c1. The average molecular weight is 267 g/mol. The number of benzene rings is 1. The average Bonchev–Trinajstić information content (AvgIpc) is 2.85. The van der Waals surface area contributed by atoms with E-state index in [1.54, 1.807) is 17.8 Å². The summed E-state index contributed by atoms with van der Waals surface area (Å²) >= 11 is 1.71. The van der Waals surface area contributed by atoms with Gasteiger partial charge in [-0.2, -0.15) is 0 Å². The maximum absolute atomic E-state index is 13.2. The molecule has 18 heavy (non-hydrogen) atoms. The molecule has 0 N–H and O–H groups in total. The van der Waals surface area contributed by atoms with Crippen LogP contribution in [0, 0.1) is 5.82 Å². The summed E-state index contributed by atoms with van der Waals surface area (Å²) in [6, 6.07) is 6.57. The van der Waals surface area contributed by atoms with Crippen molar-refractivity contribution in [2.75, 3.05) is 12.3 Å². The number of rotatable bonds is 4. The molecule has 4 heteroatoms. The van der Waals surface area contributed by atoms with Crippen LogP contribution in [0.1, 0.15) is 37.1 Å². The van der Waals surface area contributed by atoms with Crippen molar-refractivity contribution in [3.8, 4) is 0 Å². The lowest BCUT2D eigenvalue weighted by molar-refractivity contribution is -0.131. The Labute approximate surface area is 112 Å². The van der Waals surface area contributed by atoms with E-state index in [0.29, 0.717) is 6.42 Å². The van der Waals surface area contributed by atoms with E-state index < -0.39 is 0 Å². The molecule has 0 aliphatic carbocycles. The highest BCUT2D eigenvalue weighted by atomic mass is 32.2. The Kier molecular flexibility index (Phi) is 4.64. The highest BCUT2D eigenvalue weighted by molar-refractivity contribution is 7.99. The van der Waals surface area contributed by atoms with Gasteiger partial charge in [0.2, 0.25) is 5.91 Å². The third-order valence-electron chi connectivity index (χ3n) is 3.09. The molecular weight excluding hydrogens is 249 g/mol. The largest absolute Gasteiger partial charge is 0.326 e. The van der Waals surface area contributed by atoms with Crippen molar-refractivity contribution in [1.29, 1.82) is 0 Å². The van der Waals surface area contributed by atoms with E-state index in [1.165, 1.54) is 12.1 Å². The van der Waals surface area contributed by atoms with Crippen molar-refractivity contribution in [2.45, 2.75) is 31.6 Å². The van der Waals surface area contributed by atoms with E-state index in [9.17, 15) is 9.18 Å². The van der Waals surface area contributed by atoms with Crippen LogP contribution in [0.25, 0.3) is 0 Å². The molecule has 1 aliphatic heterocycles. The van der Waals surface area contributed by atoms with Crippen LogP contribution in [0.3, 0.4) is 0 Å². The quantitative estimate of drug-likeness (QED) is 0.831. The number of halogens is 1. The first-order valence-corrected chi connectivity index (χ1v) is 7.43. The second-order valence-electron chi connectivity index (χ2n) is 4.47. The van der Waals surface area contributed by atoms with E-state index in [4.69, 9.17) is 0 Å². The summed E-state index contributed by atoms with van der Waals surface area (Å²) in [6.07, 6.45) is 2.55. The number of nitrogens with zero attached hydrogens (tertiary/aromatic N) is 1. The van der Waals surface area contributed by atoms with E-state index in [2.05, 4.69) is 6.92 Å². The molecule has 1 aromatic carbocycles. The molecule has 1 atom stereocenters. The molecule has 1 heterocycles. The number of carbonyl (C=O) groups excluding carboxylic acids is 1. The van der Waals surface area contributed by atoms with Crippen LogP contribution in [0.2, 0.25) is 0 Å². The summed E-state index contributed by atoms with van der Waals surface area (Å²) in [5.74, 6) is 0.885. The summed E-state index contributed by atoms with van der Waals surface area (Å²) in [4.78, 5) is 14.0. The summed E-state index contributed by atoms with van der Waals surface area (Å²) in [5.41, 5.74) is 0.891. The molecular formula is C14H18FNOS. The Bertz CT molecular complexity index is 424. The van der Waals surface area contributed by atoms with Gasteiger partial charge in [-0.3, -0.25) is 4.79 Å². The zero-order valence-electron chi connectivity index (χ0n) is 10.6.